The maximum absolute atomic E-state index is 11.9. The number of ether oxygens (including phenoxy) is 2. The summed E-state index contributed by atoms with van der Waals surface area (Å²) < 4.78 is 9.62. The molecule has 1 amide bonds. The second-order valence-electron chi connectivity index (χ2n) is 6.07. The van der Waals surface area contributed by atoms with Gasteiger partial charge in [-0.15, -0.1) is 10.2 Å². The summed E-state index contributed by atoms with van der Waals surface area (Å²) in [5.41, 5.74) is -0.365. The molecule has 1 aromatic carbocycles. The number of benzene rings is 1. The Morgan fingerprint density at radius 2 is 1.82 bits per heavy atom. The predicted molar refractivity (Wildman–Crippen MR) is 94.1 cm³/mol. The lowest BCUT2D eigenvalue weighted by atomic mass is 9.96. The highest BCUT2D eigenvalue weighted by Gasteiger charge is 2.36. The number of carboxylic acids is 1. The van der Waals surface area contributed by atoms with Gasteiger partial charge < -0.3 is 19.9 Å². The Bertz CT molecular complexity index is 740. The molecule has 0 saturated heterocycles. The summed E-state index contributed by atoms with van der Waals surface area (Å²) in [4.78, 5) is 34.8. The van der Waals surface area contributed by atoms with Crippen LogP contribution in [0.5, 0.6) is 0 Å². The van der Waals surface area contributed by atoms with Crippen molar-refractivity contribution in [3.8, 4) is 0 Å². The molecule has 0 spiro atoms. The standard InChI is InChI=1S/C17H21N5O6/c1-27-14(23)8-10-17(19-21-22-20-17)9-7-13(15(24)25)18-16(26)28-11-12-5-3-2-4-6-12/h2-6,13H,7-11H2,1H3,(H,18,26)(H,24,25)/t13-/m0/s1. The fraction of sp³-hybridized carbons (Fsp3) is 0.471. The van der Waals surface area contributed by atoms with Crippen LogP contribution in [0.15, 0.2) is 51.0 Å². The van der Waals surface area contributed by atoms with Crippen molar-refractivity contribution in [3.63, 3.8) is 0 Å². The Hall–Kier alpha value is -3.37. The minimum atomic E-state index is -1.23. The number of esters is 1. The molecular weight excluding hydrogens is 370 g/mol. The van der Waals surface area contributed by atoms with E-state index in [2.05, 4.69) is 30.7 Å². The number of rotatable bonds is 10. The number of carboxylic acid groups (broad SMARTS) is 1. The van der Waals surface area contributed by atoms with Crippen LogP contribution in [0.25, 0.3) is 0 Å². The number of amides is 1. The van der Waals surface area contributed by atoms with E-state index in [9.17, 15) is 19.5 Å². The fourth-order valence-corrected chi connectivity index (χ4v) is 2.50. The number of hydrogen-bond acceptors (Lipinski definition) is 9. The van der Waals surface area contributed by atoms with Gasteiger partial charge in [-0.25, -0.2) is 9.59 Å². The van der Waals surface area contributed by atoms with Gasteiger partial charge in [-0.05, 0) is 28.9 Å². The quantitative estimate of drug-likeness (QED) is 0.585. The molecule has 150 valence electrons. The molecule has 1 heterocycles. The van der Waals surface area contributed by atoms with E-state index in [1.165, 1.54) is 7.11 Å². The number of carbonyl (C=O) groups excluding carboxylic acids is 2. The normalized spacial score (nSPS) is 15.0. The van der Waals surface area contributed by atoms with Crippen molar-refractivity contribution in [2.75, 3.05) is 7.11 Å². The summed E-state index contributed by atoms with van der Waals surface area (Å²) >= 11 is 0. The molecule has 1 aliphatic rings. The SMILES string of the molecule is COC(=O)CCC1(CC[C@H](NC(=O)OCc2ccccc2)C(=O)O)N=NN=N1. The van der Waals surface area contributed by atoms with Crippen molar-refractivity contribution in [1.82, 2.24) is 5.32 Å². The molecule has 2 rings (SSSR count). The number of methoxy groups -OCH3 is 1. The van der Waals surface area contributed by atoms with E-state index >= 15 is 0 Å². The van der Waals surface area contributed by atoms with Crippen molar-refractivity contribution in [2.24, 2.45) is 20.7 Å². The van der Waals surface area contributed by atoms with Gasteiger partial charge in [-0.2, -0.15) is 0 Å². The van der Waals surface area contributed by atoms with E-state index in [-0.39, 0.29) is 32.3 Å². The van der Waals surface area contributed by atoms with E-state index in [0.29, 0.717) is 0 Å². The van der Waals surface area contributed by atoms with Gasteiger partial charge in [0, 0.05) is 12.8 Å². The van der Waals surface area contributed by atoms with Gasteiger partial charge >= 0.3 is 18.0 Å². The van der Waals surface area contributed by atoms with Gasteiger partial charge in [-0.1, -0.05) is 30.3 Å². The van der Waals surface area contributed by atoms with Crippen LogP contribution in [0.1, 0.15) is 31.2 Å². The molecule has 28 heavy (non-hydrogen) atoms. The minimum absolute atomic E-state index is 0.00498. The van der Waals surface area contributed by atoms with Crippen LogP contribution in [-0.4, -0.2) is 42.0 Å². The van der Waals surface area contributed by atoms with Crippen molar-refractivity contribution in [3.05, 3.63) is 35.9 Å². The highest BCUT2D eigenvalue weighted by Crippen LogP contribution is 2.31. The third kappa shape index (κ3) is 6.41. The Balaban J connectivity index is 1.88. The first-order chi connectivity index (χ1) is 13.4. The third-order valence-corrected chi connectivity index (χ3v) is 4.10. The molecule has 2 N–H and O–H groups in total. The largest absolute Gasteiger partial charge is 0.480 e. The Morgan fingerprint density at radius 3 is 2.43 bits per heavy atom. The smallest absolute Gasteiger partial charge is 0.408 e. The van der Waals surface area contributed by atoms with Crippen LogP contribution in [-0.2, 0) is 25.7 Å². The number of alkyl carbamates (subject to hydrolysis) is 1. The molecular formula is C17H21N5O6. The summed E-state index contributed by atoms with van der Waals surface area (Å²) in [6.07, 6.45) is -0.549. The van der Waals surface area contributed by atoms with E-state index in [4.69, 9.17) is 4.74 Å². The molecule has 0 unspecified atom stereocenters. The van der Waals surface area contributed by atoms with Crippen LogP contribution >= 0.6 is 0 Å². The van der Waals surface area contributed by atoms with Gasteiger partial charge in [0.25, 0.3) is 0 Å². The van der Waals surface area contributed by atoms with Crippen LogP contribution in [0.3, 0.4) is 0 Å². The maximum atomic E-state index is 11.9. The molecule has 0 bridgehead atoms. The first-order valence-corrected chi connectivity index (χ1v) is 8.55. The molecule has 0 saturated carbocycles. The number of nitrogens with zero attached hydrogens (tertiary/aromatic N) is 4. The van der Waals surface area contributed by atoms with Gasteiger partial charge in [0.2, 0.25) is 0 Å². The van der Waals surface area contributed by atoms with Gasteiger partial charge in [0.1, 0.15) is 12.6 Å². The first-order valence-electron chi connectivity index (χ1n) is 8.55. The van der Waals surface area contributed by atoms with Gasteiger partial charge in [0.15, 0.2) is 5.66 Å². The van der Waals surface area contributed by atoms with Crippen molar-refractivity contribution < 1.29 is 29.0 Å². The summed E-state index contributed by atoms with van der Waals surface area (Å²) in [7, 11) is 1.26. The monoisotopic (exact) mass is 391 g/mol. The van der Waals surface area contributed by atoms with E-state index < -0.39 is 29.7 Å². The molecule has 11 heteroatoms. The summed E-state index contributed by atoms with van der Waals surface area (Å²) in [5.74, 6) is -1.68. The zero-order valence-electron chi connectivity index (χ0n) is 15.3. The molecule has 1 atom stereocenters. The van der Waals surface area contributed by atoms with E-state index in [1.807, 2.05) is 6.07 Å². The number of hydrogen-bond donors (Lipinski definition) is 2. The summed E-state index contributed by atoms with van der Waals surface area (Å²) in [5, 5.41) is 26.4. The average Bonchev–Trinajstić information content (AvgIpc) is 3.17. The lowest BCUT2D eigenvalue weighted by Crippen LogP contribution is -2.42. The minimum Gasteiger partial charge on any atom is -0.480 e. The molecule has 0 radical (unpaired) electrons. The Labute approximate surface area is 160 Å². The Kier molecular flexibility index (Phi) is 7.55. The molecule has 11 nitrogen and oxygen atoms in total. The van der Waals surface area contributed by atoms with Crippen molar-refractivity contribution in [1.29, 1.82) is 0 Å². The average molecular weight is 391 g/mol. The summed E-state index contributed by atoms with van der Waals surface area (Å²) in [6.45, 7) is 0.0184. The maximum Gasteiger partial charge on any atom is 0.408 e. The summed E-state index contributed by atoms with van der Waals surface area (Å²) in [6, 6.07) is 7.78. The predicted octanol–water partition coefficient (Wildman–Crippen LogP) is 2.63. The van der Waals surface area contributed by atoms with Gasteiger partial charge in [0.05, 0.1) is 7.11 Å². The van der Waals surface area contributed by atoms with E-state index in [1.54, 1.807) is 24.3 Å². The fourth-order valence-electron chi connectivity index (χ4n) is 2.50. The Morgan fingerprint density at radius 1 is 1.14 bits per heavy atom. The van der Waals surface area contributed by atoms with Crippen molar-refractivity contribution >= 4 is 18.0 Å². The molecule has 1 aromatic rings. The highest BCUT2D eigenvalue weighted by molar-refractivity contribution is 5.79. The third-order valence-electron chi connectivity index (χ3n) is 4.10. The highest BCUT2D eigenvalue weighted by atomic mass is 16.5. The zero-order valence-corrected chi connectivity index (χ0v) is 15.3. The van der Waals surface area contributed by atoms with E-state index in [0.717, 1.165) is 5.56 Å². The lowest BCUT2D eigenvalue weighted by molar-refractivity contribution is -0.141. The van der Waals surface area contributed by atoms with Crippen LogP contribution in [0.2, 0.25) is 0 Å². The lowest BCUT2D eigenvalue weighted by Gasteiger charge is -2.21. The van der Waals surface area contributed by atoms with Crippen LogP contribution < -0.4 is 5.32 Å². The van der Waals surface area contributed by atoms with Crippen molar-refractivity contribution in [2.45, 2.75) is 44.0 Å². The van der Waals surface area contributed by atoms with Gasteiger partial charge in [-0.3, -0.25) is 4.79 Å². The molecule has 0 fully saturated rings. The molecule has 1 aliphatic heterocycles. The number of carbonyl (C=O) groups is 3. The zero-order chi connectivity index (χ0) is 20.4. The van der Waals surface area contributed by atoms with Crippen LogP contribution in [0, 0.1) is 0 Å². The van der Waals surface area contributed by atoms with Crippen LogP contribution in [0.4, 0.5) is 4.79 Å². The molecule has 0 aliphatic carbocycles. The second kappa shape index (κ2) is 10.1. The number of nitrogens with one attached hydrogen (secondary N) is 1. The number of aliphatic carboxylic acids is 1. The molecule has 0 aromatic heterocycles. The topological polar surface area (TPSA) is 151 Å². The second-order valence-corrected chi connectivity index (χ2v) is 6.07. The first kappa shape index (κ1) is 20.9.